The lowest BCUT2D eigenvalue weighted by molar-refractivity contribution is 0.0998. The number of fused-ring (bicyclic) bond motifs is 2. The second-order valence-electron chi connectivity index (χ2n) is 6.94. The fourth-order valence-electron chi connectivity index (χ4n) is 3.31. The molecular weight excluding hydrogens is 482 g/mol. The third-order valence-electron chi connectivity index (χ3n) is 4.82. The number of carbonyl (C=O) groups is 1. The number of carbonyl (C=O) groups excluding carboxylic acids is 1. The molecule has 0 aliphatic rings. The molecule has 0 fully saturated rings. The number of nitrogens with one attached hydrogen (secondary N) is 1. The topological polar surface area (TPSA) is 72.5 Å². The van der Waals surface area contributed by atoms with Crippen molar-refractivity contribution in [3.05, 3.63) is 98.3 Å². The van der Waals surface area contributed by atoms with Gasteiger partial charge in [-0.25, -0.2) is 0 Å². The number of benzene rings is 3. The molecule has 1 N–H and O–H groups in total. The number of amides is 1. The second-order valence-corrected chi connectivity index (χ2v) is 8.29. The van der Waals surface area contributed by atoms with Crippen LogP contribution in [0.15, 0.2) is 90.9 Å². The second kappa shape index (κ2) is 7.72. The monoisotopic (exact) mass is 493 g/mol. The third-order valence-corrected chi connectivity index (χ3v) is 5.56. The Morgan fingerprint density at radius 1 is 0.871 bits per heavy atom. The van der Waals surface area contributed by atoms with Gasteiger partial charge in [-0.2, -0.15) is 0 Å². The van der Waals surface area contributed by atoms with Crippen molar-refractivity contribution in [3.8, 4) is 11.3 Å². The van der Waals surface area contributed by atoms with Crippen molar-refractivity contribution in [2.45, 2.75) is 0 Å². The number of hydrogen-bond donors (Lipinski definition) is 1. The molecule has 2 aromatic heterocycles. The molecule has 0 bridgehead atoms. The Morgan fingerprint density at radius 2 is 1.65 bits per heavy atom. The van der Waals surface area contributed by atoms with Crippen LogP contribution in [-0.4, -0.2) is 5.91 Å². The van der Waals surface area contributed by atoms with Crippen LogP contribution in [0.1, 0.15) is 10.6 Å². The number of furan rings is 1. The molecule has 2 heterocycles. The third kappa shape index (κ3) is 3.87. The summed E-state index contributed by atoms with van der Waals surface area (Å²) in [6.45, 7) is 0. The van der Waals surface area contributed by atoms with E-state index in [2.05, 4.69) is 21.2 Å². The smallest absolute Gasteiger partial charge is 0.291 e. The van der Waals surface area contributed by atoms with Gasteiger partial charge in [-0.3, -0.25) is 9.59 Å². The molecule has 7 heteroatoms. The molecule has 5 aromatic rings. The lowest BCUT2D eigenvalue weighted by Crippen LogP contribution is -2.11. The van der Waals surface area contributed by atoms with Gasteiger partial charge in [0.25, 0.3) is 5.91 Å². The highest BCUT2D eigenvalue weighted by atomic mass is 79.9. The summed E-state index contributed by atoms with van der Waals surface area (Å²) in [5.74, 6) is 0.214. The van der Waals surface area contributed by atoms with Crippen molar-refractivity contribution in [1.29, 1.82) is 0 Å². The van der Waals surface area contributed by atoms with Gasteiger partial charge in [0.2, 0.25) is 0 Å². The van der Waals surface area contributed by atoms with Crippen LogP contribution in [0.3, 0.4) is 0 Å². The molecule has 0 aliphatic carbocycles. The predicted octanol–water partition coefficient (Wildman–Crippen LogP) is 6.87. The molecule has 0 unspecified atom stereocenters. The van der Waals surface area contributed by atoms with Crippen LogP contribution in [0.5, 0.6) is 0 Å². The molecule has 0 radical (unpaired) electrons. The first-order valence-electron chi connectivity index (χ1n) is 9.30. The first-order valence-corrected chi connectivity index (χ1v) is 10.5. The van der Waals surface area contributed by atoms with Crippen LogP contribution in [0.4, 0.5) is 5.69 Å². The largest absolute Gasteiger partial charge is 0.456 e. The zero-order valence-corrected chi connectivity index (χ0v) is 18.2. The van der Waals surface area contributed by atoms with Crippen LogP contribution in [0, 0.1) is 0 Å². The van der Waals surface area contributed by atoms with E-state index in [0.717, 1.165) is 15.4 Å². The van der Waals surface area contributed by atoms with E-state index in [1.807, 2.05) is 12.1 Å². The van der Waals surface area contributed by atoms with Gasteiger partial charge in [0.05, 0.1) is 5.39 Å². The highest BCUT2D eigenvalue weighted by Gasteiger charge is 2.14. The van der Waals surface area contributed by atoms with Crippen molar-refractivity contribution in [1.82, 2.24) is 0 Å². The average Bonchev–Trinajstić information content (AvgIpc) is 3.18. The minimum Gasteiger partial charge on any atom is -0.456 e. The van der Waals surface area contributed by atoms with E-state index in [0.29, 0.717) is 33.0 Å². The van der Waals surface area contributed by atoms with Gasteiger partial charge in [0.1, 0.15) is 16.9 Å². The highest BCUT2D eigenvalue weighted by molar-refractivity contribution is 9.10. The van der Waals surface area contributed by atoms with E-state index in [1.54, 1.807) is 54.6 Å². The molecule has 3 aromatic carbocycles. The fourth-order valence-corrected chi connectivity index (χ4v) is 3.81. The van der Waals surface area contributed by atoms with E-state index >= 15 is 0 Å². The summed E-state index contributed by atoms with van der Waals surface area (Å²) in [5.41, 5.74) is 2.03. The summed E-state index contributed by atoms with van der Waals surface area (Å²) in [7, 11) is 0. The van der Waals surface area contributed by atoms with E-state index in [9.17, 15) is 9.59 Å². The molecule has 5 rings (SSSR count). The lowest BCUT2D eigenvalue weighted by atomic mass is 10.1. The fraction of sp³-hybridized carbons (Fsp3) is 0. The van der Waals surface area contributed by atoms with E-state index in [-0.39, 0.29) is 11.2 Å². The van der Waals surface area contributed by atoms with Gasteiger partial charge in [0, 0.05) is 32.2 Å². The minimum absolute atomic E-state index is 0.179. The van der Waals surface area contributed by atoms with Crippen molar-refractivity contribution in [2.24, 2.45) is 0 Å². The molecule has 0 saturated heterocycles. The number of anilines is 1. The summed E-state index contributed by atoms with van der Waals surface area (Å²) < 4.78 is 12.4. The summed E-state index contributed by atoms with van der Waals surface area (Å²) in [6, 6.07) is 20.5. The van der Waals surface area contributed by atoms with Gasteiger partial charge in [-0.05, 0) is 66.7 Å². The normalized spacial score (nSPS) is 11.2. The van der Waals surface area contributed by atoms with E-state index in [1.165, 1.54) is 6.07 Å². The molecule has 5 nitrogen and oxygen atoms in total. The first kappa shape index (κ1) is 19.6. The Labute approximate surface area is 189 Å². The molecule has 0 spiro atoms. The van der Waals surface area contributed by atoms with Gasteiger partial charge < -0.3 is 14.2 Å². The predicted molar refractivity (Wildman–Crippen MR) is 125 cm³/mol. The van der Waals surface area contributed by atoms with Crippen molar-refractivity contribution >= 4 is 61.1 Å². The van der Waals surface area contributed by atoms with Gasteiger partial charge in [-0.1, -0.05) is 27.5 Å². The molecule has 0 saturated carbocycles. The number of hydrogen-bond acceptors (Lipinski definition) is 4. The summed E-state index contributed by atoms with van der Waals surface area (Å²) in [5, 5.41) is 4.55. The maximum Gasteiger partial charge on any atom is 0.291 e. The Kier molecular flexibility index (Phi) is 4.88. The van der Waals surface area contributed by atoms with E-state index < -0.39 is 5.91 Å². The quantitative estimate of drug-likeness (QED) is 0.297. The molecule has 1 amide bonds. The Bertz CT molecular complexity index is 1520. The zero-order chi connectivity index (χ0) is 21.5. The van der Waals surface area contributed by atoms with Gasteiger partial charge >= 0.3 is 0 Å². The summed E-state index contributed by atoms with van der Waals surface area (Å²) >= 11 is 9.32. The Morgan fingerprint density at radius 3 is 2.45 bits per heavy atom. The van der Waals surface area contributed by atoms with Gasteiger partial charge in [-0.15, -0.1) is 0 Å². The summed E-state index contributed by atoms with van der Waals surface area (Å²) in [6.07, 6.45) is 0. The van der Waals surface area contributed by atoms with Crippen LogP contribution in [-0.2, 0) is 0 Å². The minimum atomic E-state index is -0.408. The SMILES string of the molecule is O=C(Nc1ccc2oc(-c3ccc(Cl)cc3)cc(=O)c2c1)c1cc2cc(Br)ccc2o1. The first-order chi connectivity index (χ1) is 15.0. The molecular formula is C24H13BrClNO4. The average molecular weight is 495 g/mol. The summed E-state index contributed by atoms with van der Waals surface area (Å²) in [4.78, 5) is 25.3. The van der Waals surface area contributed by atoms with Crippen molar-refractivity contribution in [2.75, 3.05) is 5.32 Å². The van der Waals surface area contributed by atoms with Crippen molar-refractivity contribution in [3.63, 3.8) is 0 Å². The molecule has 152 valence electrons. The number of rotatable bonds is 3. The standard InChI is InChI=1S/C24H13BrClNO4/c25-15-3-7-20-14(9-15)10-23(30-20)24(29)27-17-6-8-21-18(11-17)19(28)12-22(31-21)13-1-4-16(26)5-2-13/h1-12H,(H,27,29). The van der Waals surface area contributed by atoms with Crippen LogP contribution < -0.4 is 10.7 Å². The molecule has 0 atom stereocenters. The highest BCUT2D eigenvalue weighted by Crippen LogP contribution is 2.26. The lowest BCUT2D eigenvalue weighted by Gasteiger charge is -2.06. The van der Waals surface area contributed by atoms with Crippen LogP contribution in [0.25, 0.3) is 33.3 Å². The van der Waals surface area contributed by atoms with Gasteiger partial charge in [0.15, 0.2) is 11.2 Å². The van der Waals surface area contributed by atoms with Crippen LogP contribution >= 0.6 is 27.5 Å². The Hall–Kier alpha value is -3.35. The van der Waals surface area contributed by atoms with Crippen molar-refractivity contribution < 1.29 is 13.6 Å². The maximum absolute atomic E-state index is 12.7. The Balaban J connectivity index is 1.45. The molecule has 31 heavy (non-hydrogen) atoms. The van der Waals surface area contributed by atoms with E-state index in [4.69, 9.17) is 20.4 Å². The zero-order valence-electron chi connectivity index (χ0n) is 15.8. The number of halogens is 2. The maximum atomic E-state index is 12.7. The molecule has 0 aliphatic heterocycles. The van der Waals surface area contributed by atoms with Crippen LogP contribution in [0.2, 0.25) is 5.02 Å².